The molecule has 13 heavy (non-hydrogen) atoms. The van der Waals surface area contributed by atoms with E-state index in [1.807, 2.05) is 6.07 Å². The molecule has 0 saturated heterocycles. The first-order valence-corrected chi connectivity index (χ1v) is 4.99. The summed E-state index contributed by atoms with van der Waals surface area (Å²) >= 11 is 4.05. The van der Waals surface area contributed by atoms with Gasteiger partial charge >= 0.3 is 5.97 Å². The Labute approximate surface area is 87.4 Å². The van der Waals surface area contributed by atoms with Crippen LogP contribution in [0.5, 0.6) is 0 Å². The number of nitrogens with zero attached hydrogens (tertiary/aromatic N) is 2. The van der Waals surface area contributed by atoms with Crippen LogP contribution in [0.1, 0.15) is 22.2 Å². The lowest BCUT2D eigenvalue weighted by molar-refractivity contribution is 0.0525. The van der Waals surface area contributed by atoms with Crippen molar-refractivity contribution in [2.45, 2.75) is 6.92 Å². The van der Waals surface area contributed by atoms with Gasteiger partial charge in [-0.05, 0) is 34.4 Å². The molecule has 1 aromatic rings. The SMILES string of the molecule is CCOC(=O)c1c(Br)nsc1C#N. The fraction of sp³-hybridized carbons (Fsp3) is 0.286. The Morgan fingerprint density at radius 3 is 3.08 bits per heavy atom. The second-order valence-electron chi connectivity index (χ2n) is 2.01. The first-order valence-electron chi connectivity index (χ1n) is 3.43. The van der Waals surface area contributed by atoms with Crippen LogP contribution in [0, 0.1) is 11.3 Å². The summed E-state index contributed by atoms with van der Waals surface area (Å²) in [5.41, 5.74) is 0.217. The molecule has 0 aromatic carbocycles. The van der Waals surface area contributed by atoms with Gasteiger partial charge in [0.1, 0.15) is 21.1 Å². The van der Waals surface area contributed by atoms with Crippen molar-refractivity contribution in [1.29, 1.82) is 5.26 Å². The normalized spacial score (nSPS) is 9.31. The Morgan fingerprint density at radius 1 is 1.85 bits per heavy atom. The Balaban J connectivity index is 3.05. The van der Waals surface area contributed by atoms with Gasteiger partial charge in [-0.2, -0.15) is 9.64 Å². The third-order valence-electron chi connectivity index (χ3n) is 1.23. The first kappa shape index (κ1) is 10.2. The fourth-order valence-corrected chi connectivity index (χ4v) is 2.01. The molecular weight excluding hydrogens is 256 g/mol. The molecule has 0 aliphatic rings. The van der Waals surface area contributed by atoms with Gasteiger partial charge in [-0.15, -0.1) is 0 Å². The molecule has 1 aromatic heterocycles. The van der Waals surface area contributed by atoms with E-state index >= 15 is 0 Å². The monoisotopic (exact) mass is 260 g/mol. The highest BCUT2D eigenvalue weighted by Gasteiger charge is 2.20. The number of nitriles is 1. The number of halogens is 1. The highest BCUT2D eigenvalue weighted by atomic mass is 79.9. The lowest BCUT2D eigenvalue weighted by atomic mass is 10.3. The minimum atomic E-state index is -0.514. The number of carbonyl (C=O) groups is 1. The van der Waals surface area contributed by atoms with Crippen LogP contribution in [0.25, 0.3) is 0 Å². The van der Waals surface area contributed by atoms with Crippen LogP contribution in [0.2, 0.25) is 0 Å². The molecule has 0 bridgehead atoms. The van der Waals surface area contributed by atoms with Gasteiger partial charge in [-0.1, -0.05) is 0 Å². The van der Waals surface area contributed by atoms with E-state index in [-0.39, 0.29) is 17.0 Å². The number of carbonyl (C=O) groups excluding carboxylic acids is 1. The summed E-state index contributed by atoms with van der Waals surface area (Å²) < 4.78 is 8.95. The van der Waals surface area contributed by atoms with Crippen molar-refractivity contribution in [2.24, 2.45) is 0 Å². The topological polar surface area (TPSA) is 63.0 Å². The van der Waals surface area contributed by atoms with Gasteiger partial charge in [-0.25, -0.2) is 4.79 Å². The summed E-state index contributed by atoms with van der Waals surface area (Å²) in [5.74, 6) is -0.514. The van der Waals surface area contributed by atoms with Crippen LogP contribution in [-0.4, -0.2) is 16.9 Å². The molecular formula is C7H5BrN2O2S. The minimum Gasteiger partial charge on any atom is -0.462 e. The van der Waals surface area contributed by atoms with E-state index < -0.39 is 5.97 Å². The maximum atomic E-state index is 11.3. The number of rotatable bonds is 2. The summed E-state index contributed by atoms with van der Waals surface area (Å²) in [4.78, 5) is 11.5. The van der Waals surface area contributed by atoms with Crippen LogP contribution >= 0.6 is 27.5 Å². The van der Waals surface area contributed by atoms with E-state index in [0.717, 1.165) is 11.5 Å². The molecule has 1 rings (SSSR count). The molecule has 0 N–H and O–H groups in total. The molecule has 0 spiro atoms. The molecule has 6 heteroatoms. The molecule has 0 radical (unpaired) electrons. The van der Waals surface area contributed by atoms with Gasteiger partial charge in [-0.3, -0.25) is 0 Å². The third-order valence-corrected chi connectivity index (χ3v) is 2.79. The van der Waals surface area contributed by atoms with Gasteiger partial charge in [0.05, 0.1) is 6.61 Å². The van der Waals surface area contributed by atoms with E-state index in [2.05, 4.69) is 20.3 Å². The molecule has 4 nitrogen and oxygen atoms in total. The summed E-state index contributed by atoms with van der Waals surface area (Å²) in [6, 6.07) is 1.88. The summed E-state index contributed by atoms with van der Waals surface area (Å²) in [7, 11) is 0. The molecule has 0 aliphatic carbocycles. The Morgan fingerprint density at radius 2 is 2.54 bits per heavy atom. The largest absolute Gasteiger partial charge is 0.462 e. The third kappa shape index (κ3) is 2.05. The smallest absolute Gasteiger partial charge is 0.343 e. The number of hydrogen-bond donors (Lipinski definition) is 0. The maximum absolute atomic E-state index is 11.3. The van der Waals surface area contributed by atoms with Crippen molar-refractivity contribution in [3.8, 4) is 6.07 Å². The highest BCUT2D eigenvalue weighted by Crippen LogP contribution is 2.23. The van der Waals surface area contributed by atoms with Gasteiger partial charge in [0, 0.05) is 0 Å². The van der Waals surface area contributed by atoms with Crippen molar-refractivity contribution in [2.75, 3.05) is 6.61 Å². The van der Waals surface area contributed by atoms with Crippen LogP contribution in [0.3, 0.4) is 0 Å². The number of hydrogen-bond acceptors (Lipinski definition) is 5. The summed E-state index contributed by atoms with van der Waals surface area (Å²) in [6.45, 7) is 1.99. The molecule has 0 atom stereocenters. The number of ether oxygens (including phenoxy) is 1. The standard InChI is InChI=1S/C7H5BrN2O2S/c1-2-12-7(11)5-4(3-9)13-10-6(5)8/h2H2,1H3. The van der Waals surface area contributed by atoms with Crippen LogP contribution in [-0.2, 0) is 4.74 Å². The molecule has 0 unspecified atom stereocenters. The van der Waals surface area contributed by atoms with Crippen molar-refractivity contribution in [3.63, 3.8) is 0 Å². The van der Waals surface area contributed by atoms with E-state index in [1.165, 1.54) is 0 Å². The number of esters is 1. The van der Waals surface area contributed by atoms with Gasteiger partial charge in [0.15, 0.2) is 0 Å². The van der Waals surface area contributed by atoms with Crippen molar-refractivity contribution < 1.29 is 9.53 Å². The number of aromatic nitrogens is 1. The van der Waals surface area contributed by atoms with E-state index in [0.29, 0.717) is 4.60 Å². The average Bonchev–Trinajstić information content (AvgIpc) is 2.47. The first-order chi connectivity index (χ1) is 6.20. The van der Waals surface area contributed by atoms with Gasteiger partial charge in [0.25, 0.3) is 0 Å². The Hall–Kier alpha value is -0.930. The van der Waals surface area contributed by atoms with Crippen molar-refractivity contribution in [1.82, 2.24) is 4.37 Å². The van der Waals surface area contributed by atoms with E-state index in [9.17, 15) is 4.79 Å². The maximum Gasteiger partial charge on any atom is 0.343 e. The zero-order chi connectivity index (χ0) is 9.84. The van der Waals surface area contributed by atoms with Crippen molar-refractivity contribution in [3.05, 3.63) is 15.0 Å². The Bertz CT molecular complexity index is 369. The lowest BCUT2D eigenvalue weighted by Gasteiger charge is -1.98. The molecule has 0 aliphatic heterocycles. The van der Waals surface area contributed by atoms with E-state index in [4.69, 9.17) is 10.00 Å². The van der Waals surface area contributed by atoms with Gasteiger partial charge < -0.3 is 4.74 Å². The molecule has 1 heterocycles. The second kappa shape index (κ2) is 4.35. The van der Waals surface area contributed by atoms with Crippen LogP contribution in [0.4, 0.5) is 0 Å². The van der Waals surface area contributed by atoms with Gasteiger partial charge in [0.2, 0.25) is 0 Å². The lowest BCUT2D eigenvalue weighted by Crippen LogP contribution is -2.05. The van der Waals surface area contributed by atoms with Crippen molar-refractivity contribution >= 4 is 33.4 Å². The minimum absolute atomic E-state index is 0.217. The fourth-order valence-electron chi connectivity index (χ4n) is 0.727. The molecule has 0 fully saturated rings. The molecule has 0 saturated carbocycles. The zero-order valence-electron chi connectivity index (χ0n) is 6.70. The predicted molar refractivity (Wildman–Crippen MR) is 50.5 cm³/mol. The van der Waals surface area contributed by atoms with Crippen LogP contribution in [0.15, 0.2) is 4.60 Å². The zero-order valence-corrected chi connectivity index (χ0v) is 9.11. The van der Waals surface area contributed by atoms with E-state index in [1.54, 1.807) is 6.92 Å². The summed E-state index contributed by atoms with van der Waals surface area (Å²) in [5, 5.41) is 8.64. The second-order valence-corrected chi connectivity index (χ2v) is 3.53. The quantitative estimate of drug-likeness (QED) is 0.763. The highest BCUT2D eigenvalue weighted by molar-refractivity contribution is 9.10. The average molecular weight is 261 g/mol. The summed E-state index contributed by atoms with van der Waals surface area (Å²) in [6.07, 6.45) is 0. The predicted octanol–water partition coefficient (Wildman–Crippen LogP) is 1.95. The van der Waals surface area contributed by atoms with Crippen LogP contribution < -0.4 is 0 Å². The Kier molecular flexibility index (Phi) is 3.39. The molecule has 68 valence electrons. The molecule has 0 amide bonds.